The highest BCUT2D eigenvalue weighted by atomic mass is 32.2. The maximum Gasteiger partial charge on any atom is 0.202 e. The SMILES string of the molecule is CC(C)Nc1nc(CSc2ccc(F)cc2)ns1. The van der Waals surface area contributed by atoms with E-state index in [9.17, 15) is 4.39 Å². The summed E-state index contributed by atoms with van der Waals surface area (Å²) in [6, 6.07) is 6.81. The predicted octanol–water partition coefficient (Wildman–Crippen LogP) is 3.79. The molecule has 0 aliphatic rings. The Kier molecular flexibility index (Phi) is 4.54. The number of aromatic nitrogens is 2. The number of thioether (sulfide) groups is 1. The van der Waals surface area contributed by atoms with E-state index >= 15 is 0 Å². The molecular weight excluding hydrogens is 269 g/mol. The number of nitrogens with zero attached hydrogens (tertiary/aromatic N) is 2. The van der Waals surface area contributed by atoms with E-state index in [1.807, 2.05) is 0 Å². The smallest absolute Gasteiger partial charge is 0.202 e. The van der Waals surface area contributed by atoms with Crippen molar-refractivity contribution in [2.45, 2.75) is 30.5 Å². The minimum Gasteiger partial charge on any atom is -0.358 e. The number of hydrogen-bond acceptors (Lipinski definition) is 5. The lowest BCUT2D eigenvalue weighted by molar-refractivity contribution is 0.626. The lowest BCUT2D eigenvalue weighted by atomic mass is 10.4. The van der Waals surface area contributed by atoms with Crippen molar-refractivity contribution in [1.29, 1.82) is 0 Å². The van der Waals surface area contributed by atoms with Gasteiger partial charge >= 0.3 is 0 Å². The molecule has 1 aromatic heterocycles. The van der Waals surface area contributed by atoms with E-state index < -0.39 is 0 Å². The zero-order valence-corrected chi connectivity index (χ0v) is 11.8. The molecule has 0 atom stereocenters. The fraction of sp³-hybridized carbons (Fsp3) is 0.333. The molecule has 0 radical (unpaired) electrons. The highest BCUT2D eigenvalue weighted by Gasteiger charge is 2.05. The first kappa shape index (κ1) is 13.3. The summed E-state index contributed by atoms with van der Waals surface area (Å²) in [5, 5.41) is 4.06. The summed E-state index contributed by atoms with van der Waals surface area (Å²) in [5.41, 5.74) is 0. The van der Waals surface area contributed by atoms with Gasteiger partial charge in [0.2, 0.25) is 5.13 Å². The van der Waals surface area contributed by atoms with Gasteiger partial charge in [0.15, 0.2) is 5.82 Å². The maximum atomic E-state index is 12.7. The number of rotatable bonds is 5. The topological polar surface area (TPSA) is 37.8 Å². The van der Waals surface area contributed by atoms with Crippen molar-refractivity contribution in [3.05, 3.63) is 35.9 Å². The molecule has 3 nitrogen and oxygen atoms in total. The van der Waals surface area contributed by atoms with Crippen molar-refractivity contribution in [3.8, 4) is 0 Å². The lowest BCUT2D eigenvalue weighted by Gasteiger charge is -2.03. The first-order valence-electron chi connectivity index (χ1n) is 5.61. The van der Waals surface area contributed by atoms with E-state index in [0.717, 1.165) is 15.9 Å². The maximum absolute atomic E-state index is 12.7. The molecule has 1 aromatic carbocycles. The van der Waals surface area contributed by atoms with Gasteiger partial charge in [-0.2, -0.15) is 4.37 Å². The highest BCUT2D eigenvalue weighted by molar-refractivity contribution is 7.98. The molecule has 0 aliphatic heterocycles. The van der Waals surface area contributed by atoms with Crippen LogP contribution >= 0.6 is 23.3 Å². The fourth-order valence-electron chi connectivity index (χ4n) is 1.30. The van der Waals surface area contributed by atoms with E-state index in [4.69, 9.17) is 0 Å². The first-order valence-corrected chi connectivity index (χ1v) is 7.37. The second-order valence-electron chi connectivity index (χ2n) is 4.06. The molecule has 0 saturated heterocycles. The van der Waals surface area contributed by atoms with Gasteiger partial charge in [-0.25, -0.2) is 9.37 Å². The third-order valence-corrected chi connectivity index (χ3v) is 3.75. The summed E-state index contributed by atoms with van der Waals surface area (Å²) in [6.07, 6.45) is 0. The Morgan fingerprint density at radius 3 is 2.72 bits per heavy atom. The Morgan fingerprint density at radius 2 is 2.06 bits per heavy atom. The van der Waals surface area contributed by atoms with Gasteiger partial charge in [0, 0.05) is 22.5 Å². The van der Waals surface area contributed by atoms with Crippen molar-refractivity contribution in [3.63, 3.8) is 0 Å². The Hall–Kier alpha value is -1.14. The molecule has 0 aliphatic carbocycles. The monoisotopic (exact) mass is 283 g/mol. The van der Waals surface area contributed by atoms with E-state index in [1.165, 1.54) is 23.7 Å². The predicted molar refractivity (Wildman–Crippen MR) is 74.6 cm³/mol. The first-order chi connectivity index (χ1) is 8.63. The van der Waals surface area contributed by atoms with Gasteiger partial charge in [0.05, 0.1) is 5.75 Å². The number of hydrogen-bond donors (Lipinski definition) is 1. The molecule has 18 heavy (non-hydrogen) atoms. The van der Waals surface area contributed by atoms with Crippen molar-refractivity contribution < 1.29 is 4.39 Å². The summed E-state index contributed by atoms with van der Waals surface area (Å²) >= 11 is 2.97. The Balaban J connectivity index is 1.90. The van der Waals surface area contributed by atoms with Crippen LogP contribution in [-0.2, 0) is 5.75 Å². The van der Waals surface area contributed by atoms with Crippen molar-refractivity contribution in [2.24, 2.45) is 0 Å². The molecule has 1 N–H and O–H groups in total. The average Bonchev–Trinajstić information content (AvgIpc) is 2.75. The van der Waals surface area contributed by atoms with Gasteiger partial charge in [-0.3, -0.25) is 0 Å². The Bertz CT molecular complexity index is 496. The third-order valence-electron chi connectivity index (χ3n) is 2.06. The van der Waals surface area contributed by atoms with Crippen LogP contribution in [0.1, 0.15) is 19.7 Å². The zero-order chi connectivity index (χ0) is 13.0. The zero-order valence-electron chi connectivity index (χ0n) is 10.2. The van der Waals surface area contributed by atoms with Crippen LogP contribution in [0, 0.1) is 5.82 Å². The minimum absolute atomic E-state index is 0.213. The van der Waals surface area contributed by atoms with E-state index in [-0.39, 0.29) is 5.82 Å². The normalized spacial score (nSPS) is 10.9. The molecule has 0 bridgehead atoms. The molecule has 0 amide bonds. The second-order valence-corrected chi connectivity index (χ2v) is 5.86. The molecule has 2 aromatic rings. The summed E-state index contributed by atoms with van der Waals surface area (Å²) in [5.74, 6) is 1.29. The summed E-state index contributed by atoms with van der Waals surface area (Å²) in [4.78, 5) is 5.40. The second kappa shape index (κ2) is 6.15. The van der Waals surface area contributed by atoms with Gasteiger partial charge in [-0.15, -0.1) is 11.8 Å². The van der Waals surface area contributed by atoms with Crippen LogP contribution in [0.15, 0.2) is 29.2 Å². The van der Waals surface area contributed by atoms with E-state index in [0.29, 0.717) is 11.8 Å². The summed E-state index contributed by atoms with van der Waals surface area (Å²) < 4.78 is 17.0. The molecular formula is C12H14FN3S2. The molecule has 6 heteroatoms. The van der Waals surface area contributed by atoms with Gasteiger partial charge in [0.25, 0.3) is 0 Å². The van der Waals surface area contributed by atoms with E-state index in [2.05, 4.69) is 28.5 Å². The van der Waals surface area contributed by atoms with E-state index in [1.54, 1.807) is 23.9 Å². The molecule has 2 rings (SSSR count). The molecule has 0 unspecified atom stereocenters. The quantitative estimate of drug-likeness (QED) is 0.847. The van der Waals surface area contributed by atoms with Crippen LogP contribution in [0.3, 0.4) is 0 Å². The minimum atomic E-state index is -0.213. The van der Waals surface area contributed by atoms with Crippen LogP contribution in [0.2, 0.25) is 0 Å². The number of halogens is 1. The van der Waals surface area contributed by atoms with Crippen molar-refractivity contribution >= 4 is 28.4 Å². The fourth-order valence-corrected chi connectivity index (χ4v) is 2.86. The lowest BCUT2D eigenvalue weighted by Crippen LogP contribution is -2.09. The number of benzene rings is 1. The van der Waals surface area contributed by atoms with Crippen molar-refractivity contribution in [2.75, 3.05) is 5.32 Å². The van der Waals surface area contributed by atoms with Gasteiger partial charge < -0.3 is 5.32 Å². The van der Waals surface area contributed by atoms with Gasteiger partial charge in [0.1, 0.15) is 5.82 Å². The Labute approximate surface area is 114 Å². The number of anilines is 1. The molecule has 1 heterocycles. The van der Waals surface area contributed by atoms with Crippen LogP contribution in [-0.4, -0.2) is 15.4 Å². The molecule has 0 saturated carbocycles. The van der Waals surface area contributed by atoms with Crippen molar-refractivity contribution in [1.82, 2.24) is 9.36 Å². The molecule has 96 valence electrons. The van der Waals surface area contributed by atoms with Gasteiger partial charge in [-0.05, 0) is 38.1 Å². The highest BCUT2D eigenvalue weighted by Crippen LogP contribution is 2.23. The largest absolute Gasteiger partial charge is 0.358 e. The summed E-state index contributed by atoms with van der Waals surface area (Å²) in [7, 11) is 0. The van der Waals surface area contributed by atoms with Crippen LogP contribution in [0.25, 0.3) is 0 Å². The van der Waals surface area contributed by atoms with Crippen LogP contribution in [0.4, 0.5) is 9.52 Å². The number of nitrogens with one attached hydrogen (secondary N) is 1. The average molecular weight is 283 g/mol. The third kappa shape index (κ3) is 3.96. The Morgan fingerprint density at radius 1 is 1.33 bits per heavy atom. The van der Waals surface area contributed by atoms with Crippen LogP contribution in [0.5, 0.6) is 0 Å². The molecule has 0 spiro atoms. The molecule has 0 fully saturated rings. The van der Waals surface area contributed by atoms with Gasteiger partial charge in [-0.1, -0.05) is 0 Å². The van der Waals surface area contributed by atoms with Crippen LogP contribution < -0.4 is 5.32 Å². The standard InChI is InChI=1S/C12H14FN3S2/c1-8(2)14-12-15-11(16-18-12)7-17-10-5-3-9(13)4-6-10/h3-6,8H,7H2,1-2H3,(H,14,15,16). The summed E-state index contributed by atoms with van der Waals surface area (Å²) in [6.45, 7) is 4.13.